The average Bonchev–Trinajstić information content (AvgIpc) is 2.57. The van der Waals surface area contributed by atoms with Gasteiger partial charge in [0.2, 0.25) is 0 Å². The molecule has 2 aromatic heterocycles. The van der Waals surface area contributed by atoms with Gasteiger partial charge in [-0.25, -0.2) is 9.67 Å². The van der Waals surface area contributed by atoms with E-state index in [1.54, 1.807) is 12.3 Å². The van der Waals surface area contributed by atoms with Crippen molar-refractivity contribution in [3.63, 3.8) is 0 Å². The van der Waals surface area contributed by atoms with Crippen molar-refractivity contribution in [1.82, 2.24) is 14.8 Å². The maximum Gasteiger partial charge on any atom is 0.153 e. The Morgan fingerprint density at radius 2 is 2.06 bits per heavy atom. The number of rotatable bonds is 2. The van der Waals surface area contributed by atoms with E-state index in [-0.39, 0.29) is 6.61 Å². The summed E-state index contributed by atoms with van der Waals surface area (Å²) in [7, 11) is 0. The summed E-state index contributed by atoms with van der Waals surface area (Å²) >= 11 is 0. The van der Waals surface area contributed by atoms with Gasteiger partial charge >= 0.3 is 0 Å². The van der Waals surface area contributed by atoms with Gasteiger partial charge in [0.15, 0.2) is 5.82 Å². The minimum atomic E-state index is 0.0216. The molecule has 4 nitrogen and oxygen atoms in total. The number of aryl methyl sites for hydroxylation is 1. The minimum Gasteiger partial charge on any atom is -0.392 e. The zero-order valence-electron chi connectivity index (χ0n) is 9.73. The van der Waals surface area contributed by atoms with Gasteiger partial charge in [-0.1, -0.05) is 0 Å². The van der Waals surface area contributed by atoms with E-state index in [9.17, 15) is 0 Å². The first-order chi connectivity index (χ1) is 7.63. The van der Waals surface area contributed by atoms with Crippen molar-refractivity contribution in [2.75, 3.05) is 0 Å². The van der Waals surface area contributed by atoms with Gasteiger partial charge in [-0.2, -0.15) is 5.10 Å². The van der Waals surface area contributed by atoms with Gasteiger partial charge in [0.25, 0.3) is 0 Å². The first-order valence-corrected chi connectivity index (χ1v) is 5.22. The molecule has 0 spiro atoms. The number of hydrogen-bond acceptors (Lipinski definition) is 3. The fourth-order valence-electron chi connectivity index (χ4n) is 1.62. The van der Waals surface area contributed by atoms with Gasteiger partial charge < -0.3 is 5.11 Å². The fourth-order valence-corrected chi connectivity index (χ4v) is 1.62. The first kappa shape index (κ1) is 10.8. The summed E-state index contributed by atoms with van der Waals surface area (Å²) < 4.78 is 1.81. The molecule has 0 aliphatic rings. The van der Waals surface area contributed by atoms with E-state index in [0.29, 0.717) is 0 Å². The monoisotopic (exact) mass is 217 g/mol. The van der Waals surface area contributed by atoms with E-state index < -0.39 is 0 Å². The Labute approximate surface area is 94.6 Å². The van der Waals surface area contributed by atoms with Crippen molar-refractivity contribution in [3.8, 4) is 5.82 Å². The molecule has 84 valence electrons. The largest absolute Gasteiger partial charge is 0.392 e. The van der Waals surface area contributed by atoms with Crippen LogP contribution in [-0.2, 0) is 6.61 Å². The zero-order valence-corrected chi connectivity index (χ0v) is 9.73. The van der Waals surface area contributed by atoms with Crippen molar-refractivity contribution in [2.24, 2.45) is 0 Å². The van der Waals surface area contributed by atoms with Gasteiger partial charge in [0.05, 0.1) is 12.3 Å². The molecule has 0 aliphatic heterocycles. The molecule has 0 saturated carbocycles. The first-order valence-electron chi connectivity index (χ1n) is 5.22. The molecule has 0 unspecified atom stereocenters. The van der Waals surface area contributed by atoms with E-state index in [1.165, 1.54) is 5.56 Å². The number of aliphatic hydroxyl groups excluding tert-OH is 1. The molecule has 0 amide bonds. The van der Waals surface area contributed by atoms with Crippen LogP contribution in [0.25, 0.3) is 5.82 Å². The summed E-state index contributed by atoms with van der Waals surface area (Å²) in [6.07, 6.45) is 1.69. The van der Waals surface area contributed by atoms with Crippen molar-refractivity contribution < 1.29 is 5.11 Å². The van der Waals surface area contributed by atoms with Crippen LogP contribution in [0.3, 0.4) is 0 Å². The van der Waals surface area contributed by atoms with Gasteiger partial charge in [-0.15, -0.1) is 0 Å². The second-order valence-electron chi connectivity index (χ2n) is 3.89. The van der Waals surface area contributed by atoms with Gasteiger partial charge in [0.1, 0.15) is 0 Å². The molecule has 0 radical (unpaired) electrons. The van der Waals surface area contributed by atoms with E-state index in [0.717, 1.165) is 22.8 Å². The molecule has 0 atom stereocenters. The van der Waals surface area contributed by atoms with Crippen LogP contribution in [0.15, 0.2) is 18.3 Å². The molecule has 2 rings (SSSR count). The molecule has 0 saturated heterocycles. The lowest BCUT2D eigenvalue weighted by Gasteiger charge is -2.04. The second kappa shape index (κ2) is 4.06. The molecule has 0 fully saturated rings. The smallest absolute Gasteiger partial charge is 0.153 e. The Bertz CT molecular complexity index is 517. The predicted molar refractivity (Wildman–Crippen MR) is 61.5 cm³/mol. The predicted octanol–water partition coefficient (Wildman–Crippen LogP) is 1.68. The van der Waals surface area contributed by atoms with Crippen LogP contribution in [0.1, 0.15) is 22.5 Å². The van der Waals surface area contributed by atoms with Crippen LogP contribution in [-0.4, -0.2) is 19.9 Å². The average molecular weight is 217 g/mol. The third kappa shape index (κ3) is 1.72. The molecule has 16 heavy (non-hydrogen) atoms. The van der Waals surface area contributed by atoms with Gasteiger partial charge in [0, 0.05) is 11.9 Å². The Morgan fingerprint density at radius 3 is 2.62 bits per heavy atom. The summed E-state index contributed by atoms with van der Waals surface area (Å²) in [5, 5.41) is 13.5. The summed E-state index contributed by atoms with van der Waals surface area (Å²) in [4.78, 5) is 4.26. The van der Waals surface area contributed by atoms with Crippen LogP contribution in [0.5, 0.6) is 0 Å². The lowest BCUT2D eigenvalue weighted by Crippen LogP contribution is -2.02. The van der Waals surface area contributed by atoms with Crippen LogP contribution >= 0.6 is 0 Å². The third-order valence-electron chi connectivity index (χ3n) is 2.86. The maximum atomic E-state index is 9.08. The molecule has 1 N–H and O–H groups in total. The summed E-state index contributed by atoms with van der Waals surface area (Å²) in [6.45, 7) is 6.06. The van der Waals surface area contributed by atoms with Crippen molar-refractivity contribution in [2.45, 2.75) is 27.4 Å². The minimum absolute atomic E-state index is 0.0216. The van der Waals surface area contributed by atoms with Crippen LogP contribution in [0.2, 0.25) is 0 Å². The second-order valence-corrected chi connectivity index (χ2v) is 3.89. The third-order valence-corrected chi connectivity index (χ3v) is 2.86. The molecule has 2 aromatic rings. The zero-order chi connectivity index (χ0) is 11.7. The van der Waals surface area contributed by atoms with E-state index >= 15 is 0 Å². The van der Waals surface area contributed by atoms with Gasteiger partial charge in [-0.3, -0.25) is 0 Å². The fraction of sp³-hybridized carbons (Fsp3) is 0.333. The summed E-state index contributed by atoms with van der Waals surface area (Å²) in [5.41, 5.74) is 4.11. The van der Waals surface area contributed by atoms with E-state index in [2.05, 4.69) is 10.1 Å². The number of nitrogens with zero attached hydrogens (tertiary/aromatic N) is 3. The lowest BCUT2D eigenvalue weighted by molar-refractivity contribution is 0.281. The topological polar surface area (TPSA) is 50.9 Å². The number of pyridine rings is 1. The lowest BCUT2D eigenvalue weighted by atomic mass is 10.2. The van der Waals surface area contributed by atoms with Gasteiger partial charge in [-0.05, 0) is 44.0 Å². The number of aromatic nitrogens is 3. The van der Waals surface area contributed by atoms with Crippen LogP contribution in [0, 0.1) is 20.8 Å². The molecule has 4 heteroatoms. The van der Waals surface area contributed by atoms with Crippen molar-refractivity contribution >= 4 is 0 Å². The normalized spacial score (nSPS) is 10.8. The van der Waals surface area contributed by atoms with Crippen LogP contribution in [0.4, 0.5) is 0 Å². The Morgan fingerprint density at radius 1 is 1.31 bits per heavy atom. The molecule has 0 aliphatic carbocycles. The van der Waals surface area contributed by atoms with E-state index in [4.69, 9.17) is 5.11 Å². The number of aliphatic hydroxyl groups is 1. The SMILES string of the molecule is Cc1nn(-c2cc(CO)ccn2)c(C)c1C. The maximum absolute atomic E-state index is 9.08. The Balaban J connectivity index is 2.54. The highest BCUT2D eigenvalue weighted by atomic mass is 16.3. The molecule has 0 aromatic carbocycles. The number of hydrogen-bond donors (Lipinski definition) is 1. The summed E-state index contributed by atoms with van der Waals surface area (Å²) in [6, 6.07) is 3.64. The molecular weight excluding hydrogens is 202 g/mol. The molecule has 0 bridgehead atoms. The highest BCUT2D eigenvalue weighted by molar-refractivity contribution is 5.33. The quantitative estimate of drug-likeness (QED) is 0.832. The molecule has 2 heterocycles. The van der Waals surface area contributed by atoms with Crippen molar-refractivity contribution in [1.29, 1.82) is 0 Å². The van der Waals surface area contributed by atoms with Crippen molar-refractivity contribution in [3.05, 3.63) is 40.8 Å². The Kier molecular flexibility index (Phi) is 2.75. The Hall–Kier alpha value is -1.68. The summed E-state index contributed by atoms with van der Waals surface area (Å²) in [5.74, 6) is 0.750. The highest BCUT2D eigenvalue weighted by Gasteiger charge is 2.09. The van der Waals surface area contributed by atoms with E-state index in [1.807, 2.05) is 31.5 Å². The highest BCUT2D eigenvalue weighted by Crippen LogP contribution is 2.15. The standard InChI is InChI=1S/C12H15N3O/c1-8-9(2)14-15(10(8)3)12-6-11(7-16)4-5-13-12/h4-6,16H,7H2,1-3H3. The molecular formula is C12H15N3O. The van der Waals surface area contributed by atoms with Crippen LogP contribution < -0.4 is 0 Å².